The van der Waals surface area contributed by atoms with Crippen LogP contribution < -0.4 is 0 Å². The summed E-state index contributed by atoms with van der Waals surface area (Å²) < 4.78 is 18.0. The number of allylic oxidation sites excluding steroid dienone is 2. The van der Waals surface area contributed by atoms with Crippen LogP contribution >= 0.6 is 0 Å². The van der Waals surface area contributed by atoms with Gasteiger partial charge >= 0.3 is 5.97 Å². The first-order chi connectivity index (χ1) is 13.3. The van der Waals surface area contributed by atoms with Crippen molar-refractivity contribution >= 4 is 20.1 Å². The molecule has 6 heteroatoms. The first kappa shape index (κ1) is 23.8. The van der Waals surface area contributed by atoms with E-state index < -0.39 is 26.1 Å². The lowest BCUT2D eigenvalue weighted by atomic mass is 9.78. The number of ether oxygens (including phenoxy) is 2. The highest BCUT2D eigenvalue weighted by atomic mass is 28.4. The molecule has 0 amide bonds. The molecule has 1 heterocycles. The zero-order chi connectivity index (χ0) is 22.2. The van der Waals surface area contributed by atoms with Gasteiger partial charge in [0.25, 0.3) is 0 Å². The quantitative estimate of drug-likeness (QED) is 0.254. The summed E-state index contributed by atoms with van der Waals surface area (Å²) in [5, 5.41) is 0.0323. The van der Waals surface area contributed by atoms with E-state index >= 15 is 0 Å². The van der Waals surface area contributed by atoms with Gasteiger partial charge in [-0.3, -0.25) is 9.59 Å². The molecule has 1 aliphatic heterocycles. The molecule has 3 atom stereocenters. The summed E-state index contributed by atoms with van der Waals surface area (Å²) in [6.45, 7) is 18.3. The first-order valence-electron chi connectivity index (χ1n) is 10.3. The summed E-state index contributed by atoms with van der Waals surface area (Å²) in [4.78, 5) is 25.2. The number of esters is 1. The average molecular weight is 421 g/mol. The van der Waals surface area contributed by atoms with Gasteiger partial charge in [0, 0.05) is 24.5 Å². The fourth-order valence-corrected chi connectivity index (χ4v) is 4.27. The standard InChI is InChI=1S/C23H36O5Si/c1-10-11-17-18(14-26-29(8,9)22(5,6)7)19(25)21-23(28-21,13-12-15(2)3)20(17)27-16(4)24/h10-12,20-21H,13-14H2,1-9H3/b11-10+/t20-,21-,23+/m0/s1. The number of hydrogen-bond acceptors (Lipinski definition) is 5. The monoisotopic (exact) mass is 420 g/mol. The minimum Gasteiger partial charge on any atom is -0.454 e. The third-order valence-electron chi connectivity index (χ3n) is 6.18. The van der Waals surface area contributed by atoms with Crippen LogP contribution in [0.3, 0.4) is 0 Å². The molecule has 1 saturated heterocycles. The van der Waals surface area contributed by atoms with Gasteiger partial charge in [-0.05, 0) is 38.9 Å². The SMILES string of the molecule is C/C=C/C1=C(CO[Si](C)(C)C(C)(C)C)C(=O)[C@@H]2O[C@]2(CC=C(C)C)[C@H]1OC(C)=O. The Balaban J connectivity index is 2.47. The molecule has 5 nitrogen and oxygen atoms in total. The van der Waals surface area contributed by atoms with Crippen molar-refractivity contribution in [3.8, 4) is 0 Å². The third-order valence-corrected chi connectivity index (χ3v) is 10.7. The molecule has 0 N–H and O–H groups in total. The van der Waals surface area contributed by atoms with Crippen molar-refractivity contribution in [2.75, 3.05) is 6.61 Å². The van der Waals surface area contributed by atoms with Gasteiger partial charge in [-0.25, -0.2) is 0 Å². The summed E-state index contributed by atoms with van der Waals surface area (Å²) in [6.07, 6.45) is 5.08. The number of ketones is 1. The molecule has 0 unspecified atom stereocenters. The lowest BCUT2D eigenvalue weighted by molar-refractivity contribution is -0.148. The summed E-state index contributed by atoms with van der Waals surface area (Å²) in [7, 11) is -2.05. The molecule has 1 fully saturated rings. The fraction of sp³-hybridized carbons (Fsp3) is 0.652. The predicted octanol–water partition coefficient (Wildman–Crippen LogP) is 4.89. The largest absolute Gasteiger partial charge is 0.454 e. The molecule has 0 spiro atoms. The Morgan fingerprint density at radius 1 is 1.24 bits per heavy atom. The van der Waals surface area contributed by atoms with Crippen LogP contribution in [0.4, 0.5) is 0 Å². The molecule has 1 aliphatic carbocycles. The van der Waals surface area contributed by atoms with E-state index in [0.717, 1.165) is 5.57 Å². The van der Waals surface area contributed by atoms with Crippen LogP contribution in [0.15, 0.2) is 34.9 Å². The van der Waals surface area contributed by atoms with E-state index in [2.05, 4.69) is 33.9 Å². The predicted molar refractivity (Wildman–Crippen MR) is 117 cm³/mol. The topological polar surface area (TPSA) is 65.1 Å². The van der Waals surface area contributed by atoms with Gasteiger partial charge in [-0.1, -0.05) is 44.6 Å². The zero-order valence-electron chi connectivity index (χ0n) is 19.3. The fourth-order valence-electron chi connectivity index (χ4n) is 3.33. The summed E-state index contributed by atoms with van der Waals surface area (Å²) in [6, 6.07) is 0. The number of fused-ring (bicyclic) bond motifs is 1. The summed E-state index contributed by atoms with van der Waals surface area (Å²) in [5.74, 6) is -0.441. The lowest BCUT2D eigenvalue weighted by Gasteiger charge is -2.37. The van der Waals surface area contributed by atoms with Crippen LogP contribution in [0.25, 0.3) is 0 Å². The maximum atomic E-state index is 13.3. The number of Topliss-reactive ketones (excluding diaryl/α,β-unsaturated/α-hetero) is 1. The Morgan fingerprint density at radius 3 is 2.34 bits per heavy atom. The van der Waals surface area contributed by atoms with E-state index in [4.69, 9.17) is 13.9 Å². The van der Waals surface area contributed by atoms with Gasteiger partial charge in [0.05, 0.1) is 6.61 Å². The van der Waals surface area contributed by atoms with Crippen LogP contribution in [-0.2, 0) is 23.5 Å². The third kappa shape index (κ3) is 4.81. The minimum absolute atomic E-state index is 0.0323. The van der Waals surface area contributed by atoms with E-state index in [1.165, 1.54) is 6.92 Å². The van der Waals surface area contributed by atoms with Crippen LogP contribution in [0.5, 0.6) is 0 Å². The smallest absolute Gasteiger partial charge is 0.303 e. The number of hydrogen-bond donors (Lipinski definition) is 0. The van der Waals surface area contributed by atoms with E-state index in [0.29, 0.717) is 17.6 Å². The molecule has 0 aromatic rings. The van der Waals surface area contributed by atoms with Crippen molar-refractivity contribution in [3.63, 3.8) is 0 Å². The highest BCUT2D eigenvalue weighted by molar-refractivity contribution is 6.74. The lowest BCUT2D eigenvalue weighted by Crippen LogP contribution is -2.46. The maximum absolute atomic E-state index is 13.3. The number of carbonyl (C=O) groups is 2. The molecule has 0 radical (unpaired) electrons. The Morgan fingerprint density at radius 2 is 1.86 bits per heavy atom. The van der Waals surface area contributed by atoms with Crippen LogP contribution in [0.2, 0.25) is 18.1 Å². The Kier molecular flexibility index (Phi) is 6.82. The maximum Gasteiger partial charge on any atom is 0.303 e. The van der Waals surface area contributed by atoms with Gasteiger partial charge in [-0.15, -0.1) is 0 Å². The van der Waals surface area contributed by atoms with Crippen molar-refractivity contribution in [3.05, 3.63) is 34.9 Å². The molecule has 0 bridgehead atoms. The van der Waals surface area contributed by atoms with Gasteiger partial charge in [0.15, 0.2) is 26.3 Å². The molecule has 0 aromatic carbocycles. The Labute approximate surface area is 176 Å². The Bertz CT molecular complexity index is 765. The van der Waals surface area contributed by atoms with Gasteiger partial charge in [-0.2, -0.15) is 0 Å². The summed E-state index contributed by atoms with van der Waals surface area (Å²) >= 11 is 0. The van der Waals surface area contributed by atoms with Gasteiger partial charge in [0.2, 0.25) is 0 Å². The van der Waals surface area contributed by atoms with Crippen LogP contribution in [0, 0.1) is 0 Å². The number of rotatable bonds is 7. The molecule has 162 valence electrons. The van der Waals surface area contributed by atoms with Crippen molar-refractivity contribution in [1.82, 2.24) is 0 Å². The highest BCUT2D eigenvalue weighted by Gasteiger charge is 2.69. The van der Waals surface area contributed by atoms with Crippen molar-refractivity contribution < 1.29 is 23.5 Å². The van der Waals surface area contributed by atoms with Crippen molar-refractivity contribution in [2.24, 2.45) is 0 Å². The Hall–Kier alpha value is -1.50. The molecule has 2 aliphatic rings. The number of carbonyl (C=O) groups excluding carboxylic acids is 2. The van der Waals surface area contributed by atoms with Gasteiger partial charge in [0.1, 0.15) is 5.60 Å². The van der Waals surface area contributed by atoms with E-state index in [1.807, 2.05) is 39.0 Å². The molecule has 0 aromatic heterocycles. The normalized spacial score (nSPS) is 27.1. The van der Waals surface area contributed by atoms with E-state index in [9.17, 15) is 9.59 Å². The summed E-state index contributed by atoms with van der Waals surface area (Å²) in [5.41, 5.74) is 1.58. The average Bonchev–Trinajstić information content (AvgIpc) is 3.31. The molecule has 2 rings (SSSR count). The second kappa shape index (κ2) is 8.32. The zero-order valence-corrected chi connectivity index (χ0v) is 20.3. The molecule has 29 heavy (non-hydrogen) atoms. The van der Waals surface area contributed by atoms with Gasteiger partial charge < -0.3 is 13.9 Å². The second-order valence-corrected chi connectivity index (χ2v) is 14.6. The van der Waals surface area contributed by atoms with Crippen LogP contribution in [0.1, 0.15) is 54.9 Å². The van der Waals surface area contributed by atoms with E-state index in [-0.39, 0.29) is 23.4 Å². The van der Waals surface area contributed by atoms with Crippen LogP contribution in [-0.4, -0.2) is 44.5 Å². The first-order valence-corrected chi connectivity index (χ1v) is 13.2. The van der Waals surface area contributed by atoms with E-state index in [1.54, 1.807) is 0 Å². The van der Waals surface area contributed by atoms with Crippen molar-refractivity contribution in [1.29, 1.82) is 0 Å². The highest BCUT2D eigenvalue weighted by Crippen LogP contribution is 2.52. The molecule has 0 saturated carbocycles. The second-order valence-electron chi connectivity index (χ2n) is 9.78. The minimum atomic E-state index is -2.05. The molecular formula is C23H36O5Si. The molecular weight excluding hydrogens is 384 g/mol. The van der Waals surface area contributed by atoms with Crippen molar-refractivity contribution in [2.45, 2.75) is 90.8 Å². The number of epoxide rings is 1.